The Kier molecular flexibility index (Phi) is 5.77. The minimum Gasteiger partial charge on any atom is -0.352 e. The van der Waals surface area contributed by atoms with Crippen molar-refractivity contribution in [2.24, 2.45) is 0 Å². The Morgan fingerprint density at radius 2 is 2.19 bits per heavy atom. The van der Waals surface area contributed by atoms with Crippen LogP contribution in [0.15, 0.2) is 0 Å². The van der Waals surface area contributed by atoms with Crippen LogP contribution in [0.25, 0.3) is 0 Å². The number of hydrogen-bond donors (Lipinski definition) is 2. The summed E-state index contributed by atoms with van der Waals surface area (Å²) in [5, 5.41) is 6.45. The van der Waals surface area contributed by atoms with Crippen LogP contribution < -0.4 is 10.6 Å². The summed E-state index contributed by atoms with van der Waals surface area (Å²) in [6.07, 6.45) is 2.03. The molecule has 0 aromatic rings. The van der Waals surface area contributed by atoms with E-state index >= 15 is 0 Å². The number of hydrogen-bond acceptors (Lipinski definition) is 3. The lowest BCUT2D eigenvalue weighted by molar-refractivity contribution is -0.123. The van der Waals surface area contributed by atoms with Gasteiger partial charge in [-0.1, -0.05) is 13.8 Å². The van der Waals surface area contributed by atoms with Gasteiger partial charge in [-0.05, 0) is 19.8 Å². The number of rotatable bonds is 5. The minimum atomic E-state index is 0.169. The zero-order valence-corrected chi connectivity index (χ0v) is 10.8. The maximum Gasteiger partial charge on any atom is 0.234 e. The smallest absolute Gasteiger partial charge is 0.234 e. The van der Waals surface area contributed by atoms with Crippen LogP contribution in [0, 0.1) is 0 Å². The topological polar surface area (TPSA) is 44.4 Å². The number of amides is 1. The number of nitrogens with one attached hydrogen (secondary N) is 2. The first-order valence-corrected chi connectivity index (χ1v) is 6.40. The Balaban J connectivity index is 2.27. The van der Waals surface area contributed by atoms with Crippen molar-refractivity contribution < 1.29 is 4.79 Å². The average molecular weight is 227 g/mol. The van der Waals surface area contributed by atoms with E-state index in [9.17, 15) is 4.79 Å². The van der Waals surface area contributed by atoms with Crippen LogP contribution in [0.3, 0.4) is 0 Å². The molecule has 94 valence electrons. The molecule has 1 fully saturated rings. The monoisotopic (exact) mass is 227 g/mol. The molecule has 0 spiro atoms. The third-order valence-electron chi connectivity index (χ3n) is 3.17. The van der Waals surface area contributed by atoms with Crippen molar-refractivity contribution in [1.82, 2.24) is 15.5 Å². The lowest BCUT2D eigenvalue weighted by Crippen LogP contribution is -2.52. The van der Waals surface area contributed by atoms with Gasteiger partial charge in [0.25, 0.3) is 0 Å². The Labute approximate surface area is 98.8 Å². The lowest BCUT2D eigenvalue weighted by Gasteiger charge is -2.31. The number of carbonyl (C=O) groups is 1. The summed E-state index contributed by atoms with van der Waals surface area (Å²) in [5.41, 5.74) is 0. The van der Waals surface area contributed by atoms with Gasteiger partial charge in [0.2, 0.25) is 5.91 Å². The SMILES string of the molecule is CCC(CC)NC(=O)CN1CCN[C@@H](C)C1. The van der Waals surface area contributed by atoms with Crippen LogP contribution >= 0.6 is 0 Å². The number of piperazine rings is 1. The van der Waals surface area contributed by atoms with Crippen molar-refractivity contribution >= 4 is 5.91 Å². The molecule has 0 aliphatic carbocycles. The van der Waals surface area contributed by atoms with Crippen molar-refractivity contribution in [2.75, 3.05) is 26.2 Å². The minimum absolute atomic E-state index is 0.169. The van der Waals surface area contributed by atoms with Gasteiger partial charge in [-0.2, -0.15) is 0 Å². The van der Waals surface area contributed by atoms with Crippen molar-refractivity contribution in [1.29, 1.82) is 0 Å². The summed E-state index contributed by atoms with van der Waals surface area (Å²) in [7, 11) is 0. The molecule has 4 heteroatoms. The molecule has 0 radical (unpaired) electrons. The van der Waals surface area contributed by atoms with Gasteiger partial charge in [0.1, 0.15) is 0 Å². The fourth-order valence-corrected chi connectivity index (χ4v) is 2.13. The highest BCUT2D eigenvalue weighted by Crippen LogP contribution is 1.99. The van der Waals surface area contributed by atoms with E-state index in [1.165, 1.54) is 0 Å². The van der Waals surface area contributed by atoms with E-state index in [-0.39, 0.29) is 5.91 Å². The van der Waals surface area contributed by atoms with Crippen molar-refractivity contribution in [3.63, 3.8) is 0 Å². The molecule has 0 unspecified atom stereocenters. The van der Waals surface area contributed by atoms with E-state index in [2.05, 4.69) is 36.3 Å². The summed E-state index contributed by atoms with van der Waals surface area (Å²) in [5.74, 6) is 0.169. The summed E-state index contributed by atoms with van der Waals surface area (Å²) >= 11 is 0. The maximum atomic E-state index is 11.8. The van der Waals surface area contributed by atoms with E-state index in [1.807, 2.05) is 0 Å². The van der Waals surface area contributed by atoms with Crippen LogP contribution in [0.2, 0.25) is 0 Å². The second kappa shape index (κ2) is 6.86. The third-order valence-corrected chi connectivity index (χ3v) is 3.17. The highest BCUT2D eigenvalue weighted by Gasteiger charge is 2.18. The summed E-state index contributed by atoms with van der Waals surface area (Å²) in [4.78, 5) is 14.0. The molecule has 1 rings (SSSR count). The molecule has 4 nitrogen and oxygen atoms in total. The van der Waals surface area contributed by atoms with Crippen LogP contribution in [-0.2, 0) is 4.79 Å². The Morgan fingerprint density at radius 1 is 1.50 bits per heavy atom. The molecule has 1 aliphatic heterocycles. The molecular formula is C12H25N3O. The number of nitrogens with zero attached hydrogens (tertiary/aromatic N) is 1. The quantitative estimate of drug-likeness (QED) is 0.722. The standard InChI is InChI=1S/C12H25N3O/c1-4-11(5-2)14-12(16)9-15-7-6-13-10(3)8-15/h10-11,13H,4-9H2,1-3H3,(H,14,16)/t10-/m0/s1. The summed E-state index contributed by atoms with van der Waals surface area (Å²) in [6, 6.07) is 0.836. The molecule has 1 atom stereocenters. The van der Waals surface area contributed by atoms with E-state index in [0.29, 0.717) is 18.6 Å². The van der Waals surface area contributed by atoms with Gasteiger partial charge in [-0.3, -0.25) is 9.69 Å². The zero-order chi connectivity index (χ0) is 12.0. The van der Waals surface area contributed by atoms with E-state index < -0.39 is 0 Å². The largest absolute Gasteiger partial charge is 0.352 e. The van der Waals surface area contributed by atoms with E-state index in [0.717, 1.165) is 32.5 Å². The molecule has 1 amide bonds. The molecule has 1 heterocycles. The average Bonchev–Trinajstić information content (AvgIpc) is 2.26. The zero-order valence-electron chi connectivity index (χ0n) is 10.8. The summed E-state index contributed by atoms with van der Waals surface area (Å²) < 4.78 is 0. The Hall–Kier alpha value is -0.610. The van der Waals surface area contributed by atoms with E-state index in [4.69, 9.17) is 0 Å². The molecule has 0 saturated carbocycles. The highest BCUT2D eigenvalue weighted by atomic mass is 16.2. The van der Waals surface area contributed by atoms with Crippen LogP contribution in [0.5, 0.6) is 0 Å². The molecular weight excluding hydrogens is 202 g/mol. The van der Waals surface area contributed by atoms with Gasteiger partial charge >= 0.3 is 0 Å². The first-order valence-electron chi connectivity index (χ1n) is 6.40. The molecule has 0 aromatic carbocycles. The maximum absolute atomic E-state index is 11.8. The fraction of sp³-hybridized carbons (Fsp3) is 0.917. The first kappa shape index (κ1) is 13.5. The Morgan fingerprint density at radius 3 is 2.75 bits per heavy atom. The first-order chi connectivity index (χ1) is 7.65. The van der Waals surface area contributed by atoms with Gasteiger partial charge in [0, 0.05) is 31.7 Å². The van der Waals surface area contributed by atoms with E-state index in [1.54, 1.807) is 0 Å². The predicted molar refractivity (Wildman–Crippen MR) is 66.4 cm³/mol. The van der Waals surface area contributed by atoms with Crippen LogP contribution in [-0.4, -0.2) is 49.1 Å². The van der Waals surface area contributed by atoms with Gasteiger partial charge in [-0.25, -0.2) is 0 Å². The van der Waals surface area contributed by atoms with Crippen LogP contribution in [0.4, 0.5) is 0 Å². The van der Waals surface area contributed by atoms with Gasteiger partial charge < -0.3 is 10.6 Å². The van der Waals surface area contributed by atoms with Gasteiger partial charge in [-0.15, -0.1) is 0 Å². The number of carbonyl (C=O) groups excluding carboxylic acids is 1. The third kappa shape index (κ3) is 4.49. The highest BCUT2D eigenvalue weighted by molar-refractivity contribution is 5.78. The van der Waals surface area contributed by atoms with Crippen molar-refractivity contribution in [3.05, 3.63) is 0 Å². The second-order valence-electron chi connectivity index (χ2n) is 4.67. The van der Waals surface area contributed by atoms with Gasteiger partial charge in [0.15, 0.2) is 0 Å². The fourth-order valence-electron chi connectivity index (χ4n) is 2.13. The normalized spacial score (nSPS) is 22.4. The molecule has 0 bridgehead atoms. The molecule has 2 N–H and O–H groups in total. The molecule has 0 aromatic heterocycles. The summed E-state index contributed by atoms with van der Waals surface area (Å²) in [6.45, 7) is 9.85. The van der Waals surface area contributed by atoms with Crippen molar-refractivity contribution in [3.8, 4) is 0 Å². The van der Waals surface area contributed by atoms with Gasteiger partial charge in [0.05, 0.1) is 6.54 Å². The molecule has 16 heavy (non-hydrogen) atoms. The van der Waals surface area contributed by atoms with Crippen molar-refractivity contribution in [2.45, 2.75) is 45.7 Å². The Bertz CT molecular complexity index is 216. The molecule has 1 saturated heterocycles. The predicted octanol–water partition coefficient (Wildman–Crippen LogP) is 0.585. The second-order valence-corrected chi connectivity index (χ2v) is 4.67. The van der Waals surface area contributed by atoms with Crippen LogP contribution in [0.1, 0.15) is 33.6 Å². The molecule has 1 aliphatic rings. The lowest BCUT2D eigenvalue weighted by atomic mass is 10.1.